The number of carbonyl (C=O) groups is 1. The maximum absolute atomic E-state index is 12.1. The summed E-state index contributed by atoms with van der Waals surface area (Å²) in [5, 5.41) is 2.89. The van der Waals surface area contributed by atoms with Crippen molar-refractivity contribution in [3.05, 3.63) is 63.4 Å². The zero-order valence-electron chi connectivity index (χ0n) is 10.9. The molecule has 0 aliphatic carbocycles. The van der Waals surface area contributed by atoms with Gasteiger partial charge in [0, 0.05) is 22.9 Å². The van der Waals surface area contributed by atoms with Crippen LogP contribution in [0.3, 0.4) is 0 Å². The third kappa shape index (κ3) is 3.64. The van der Waals surface area contributed by atoms with Gasteiger partial charge in [0.15, 0.2) is 0 Å². The van der Waals surface area contributed by atoms with Crippen LogP contribution in [0.5, 0.6) is 0 Å². The fourth-order valence-corrected chi connectivity index (χ4v) is 2.36. The molecule has 1 N–H and O–H groups in total. The number of rotatable bonds is 3. The predicted octanol–water partition coefficient (Wildman–Crippen LogP) is 3.39. The number of nitrogens with zero attached hydrogens (tertiary/aromatic N) is 1. The molecule has 3 nitrogen and oxygen atoms in total. The van der Waals surface area contributed by atoms with E-state index >= 15 is 0 Å². The fourth-order valence-electron chi connectivity index (χ4n) is 1.68. The van der Waals surface area contributed by atoms with Gasteiger partial charge in [0.25, 0.3) is 5.91 Å². The van der Waals surface area contributed by atoms with E-state index in [1.807, 2.05) is 44.2 Å². The molecule has 0 aliphatic rings. The summed E-state index contributed by atoms with van der Waals surface area (Å²) in [5.74, 6) is -0.0903. The lowest BCUT2D eigenvalue weighted by molar-refractivity contribution is 0.0950. The number of aryl methyl sites for hydroxylation is 2. The van der Waals surface area contributed by atoms with Crippen molar-refractivity contribution in [3.8, 4) is 0 Å². The summed E-state index contributed by atoms with van der Waals surface area (Å²) in [4.78, 5) is 16.3. The zero-order chi connectivity index (χ0) is 13.8. The Morgan fingerprint density at radius 2 is 2.05 bits per heavy atom. The Morgan fingerprint density at radius 1 is 1.26 bits per heavy atom. The normalized spacial score (nSPS) is 10.3. The summed E-state index contributed by atoms with van der Waals surface area (Å²) in [6, 6.07) is 9.58. The van der Waals surface area contributed by atoms with E-state index < -0.39 is 0 Å². The van der Waals surface area contributed by atoms with Gasteiger partial charge in [0.2, 0.25) is 0 Å². The Hall–Kier alpha value is -1.68. The molecule has 1 amide bonds. The number of nitrogens with one attached hydrogen (secondary N) is 1. The summed E-state index contributed by atoms with van der Waals surface area (Å²) < 4.78 is 0.812. The standard InChI is InChI=1S/C15H15BrN2O/c1-10-3-6-13(14(16)7-10)15(19)18-9-12-5-4-11(2)17-8-12/h3-8H,9H2,1-2H3,(H,18,19). The molecule has 2 aromatic rings. The van der Waals surface area contributed by atoms with Crippen LogP contribution in [0, 0.1) is 13.8 Å². The first-order valence-corrected chi connectivity index (χ1v) is 6.81. The molecule has 0 atom stereocenters. The van der Waals surface area contributed by atoms with Crippen molar-refractivity contribution in [2.24, 2.45) is 0 Å². The molecule has 0 spiro atoms. The molecular formula is C15H15BrN2O. The highest BCUT2D eigenvalue weighted by atomic mass is 79.9. The van der Waals surface area contributed by atoms with Crippen LogP contribution in [-0.2, 0) is 6.54 Å². The van der Waals surface area contributed by atoms with Crippen LogP contribution < -0.4 is 5.32 Å². The summed E-state index contributed by atoms with van der Waals surface area (Å²) in [7, 11) is 0. The van der Waals surface area contributed by atoms with Crippen molar-refractivity contribution in [2.45, 2.75) is 20.4 Å². The molecule has 98 valence electrons. The van der Waals surface area contributed by atoms with E-state index in [0.717, 1.165) is 21.3 Å². The van der Waals surface area contributed by atoms with E-state index in [1.165, 1.54) is 0 Å². The lowest BCUT2D eigenvalue weighted by atomic mass is 10.1. The average molecular weight is 319 g/mol. The number of benzene rings is 1. The van der Waals surface area contributed by atoms with Crippen LogP contribution >= 0.6 is 15.9 Å². The van der Waals surface area contributed by atoms with Gasteiger partial charge in [-0.05, 0) is 59.1 Å². The topological polar surface area (TPSA) is 42.0 Å². The third-order valence-electron chi connectivity index (χ3n) is 2.79. The molecule has 0 saturated carbocycles. The van der Waals surface area contributed by atoms with Gasteiger partial charge >= 0.3 is 0 Å². The SMILES string of the molecule is Cc1ccc(C(=O)NCc2ccc(C)nc2)c(Br)c1. The molecule has 1 heterocycles. The molecule has 0 bridgehead atoms. The summed E-state index contributed by atoms with van der Waals surface area (Å²) in [5.41, 5.74) is 3.72. The first-order valence-electron chi connectivity index (χ1n) is 6.02. The highest BCUT2D eigenvalue weighted by Crippen LogP contribution is 2.18. The van der Waals surface area contributed by atoms with E-state index in [0.29, 0.717) is 12.1 Å². The lowest BCUT2D eigenvalue weighted by Crippen LogP contribution is -2.23. The highest BCUT2D eigenvalue weighted by Gasteiger charge is 2.09. The second kappa shape index (κ2) is 5.97. The van der Waals surface area contributed by atoms with E-state index in [4.69, 9.17) is 0 Å². The van der Waals surface area contributed by atoms with Gasteiger partial charge in [-0.3, -0.25) is 9.78 Å². The zero-order valence-corrected chi connectivity index (χ0v) is 12.5. The fraction of sp³-hybridized carbons (Fsp3) is 0.200. The summed E-state index contributed by atoms with van der Waals surface area (Å²) in [6.45, 7) is 4.41. The first kappa shape index (κ1) is 13.7. The molecule has 19 heavy (non-hydrogen) atoms. The quantitative estimate of drug-likeness (QED) is 0.942. The van der Waals surface area contributed by atoms with Crippen molar-refractivity contribution >= 4 is 21.8 Å². The number of pyridine rings is 1. The van der Waals surface area contributed by atoms with Gasteiger partial charge in [-0.2, -0.15) is 0 Å². The number of hydrogen-bond acceptors (Lipinski definition) is 2. The maximum Gasteiger partial charge on any atom is 0.252 e. The van der Waals surface area contributed by atoms with Crippen molar-refractivity contribution < 1.29 is 4.79 Å². The van der Waals surface area contributed by atoms with Gasteiger partial charge in [0.1, 0.15) is 0 Å². The van der Waals surface area contributed by atoms with Crippen LogP contribution in [0.1, 0.15) is 27.2 Å². The minimum absolute atomic E-state index is 0.0903. The average Bonchev–Trinajstić information content (AvgIpc) is 2.37. The Labute approximate surface area is 121 Å². The van der Waals surface area contributed by atoms with Crippen molar-refractivity contribution in [1.82, 2.24) is 10.3 Å². The number of carbonyl (C=O) groups excluding carboxylic acids is 1. The van der Waals surface area contributed by atoms with Gasteiger partial charge in [0.05, 0.1) is 5.56 Å². The molecule has 0 fully saturated rings. The molecule has 2 rings (SSSR count). The van der Waals surface area contributed by atoms with Crippen LogP contribution in [0.4, 0.5) is 0 Å². The second-order valence-corrected chi connectivity index (χ2v) is 5.33. The minimum atomic E-state index is -0.0903. The Bertz CT molecular complexity index is 594. The lowest BCUT2D eigenvalue weighted by Gasteiger charge is -2.07. The van der Waals surface area contributed by atoms with Crippen LogP contribution in [0.25, 0.3) is 0 Å². The van der Waals surface area contributed by atoms with Crippen LogP contribution in [0.2, 0.25) is 0 Å². The number of amides is 1. The molecule has 0 aliphatic heterocycles. The Kier molecular flexibility index (Phi) is 4.32. The molecule has 1 aromatic carbocycles. The Balaban J connectivity index is 2.03. The Morgan fingerprint density at radius 3 is 2.68 bits per heavy atom. The smallest absolute Gasteiger partial charge is 0.252 e. The van der Waals surface area contributed by atoms with Crippen LogP contribution in [-0.4, -0.2) is 10.9 Å². The molecule has 0 radical (unpaired) electrons. The first-order chi connectivity index (χ1) is 9.06. The van der Waals surface area contributed by atoms with E-state index in [2.05, 4.69) is 26.2 Å². The molecule has 4 heteroatoms. The van der Waals surface area contributed by atoms with Crippen molar-refractivity contribution in [3.63, 3.8) is 0 Å². The minimum Gasteiger partial charge on any atom is -0.348 e. The van der Waals surface area contributed by atoms with Gasteiger partial charge < -0.3 is 5.32 Å². The highest BCUT2D eigenvalue weighted by molar-refractivity contribution is 9.10. The largest absolute Gasteiger partial charge is 0.348 e. The molecule has 0 unspecified atom stereocenters. The molecule has 0 saturated heterocycles. The second-order valence-electron chi connectivity index (χ2n) is 4.47. The van der Waals surface area contributed by atoms with E-state index in [1.54, 1.807) is 6.20 Å². The van der Waals surface area contributed by atoms with Gasteiger partial charge in [-0.15, -0.1) is 0 Å². The predicted molar refractivity (Wildman–Crippen MR) is 79.0 cm³/mol. The number of halogens is 1. The van der Waals surface area contributed by atoms with E-state index in [9.17, 15) is 4.79 Å². The van der Waals surface area contributed by atoms with Crippen molar-refractivity contribution in [2.75, 3.05) is 0 Å². The summed E-state index contributed by atoms with van der Waals surface area (Å²) in [6.07, 6.45) is 1.78. The number of hydrogen-bond donors (Lipinski definition) is 1. The van der Waals surface area contributed by atoms with E-state index in [-0.39, 0.29) is 5.91 Å². The monoisotopic (exact) mass is 318 g/mol. The maximum atomic E-state index is 12.1. The summed E-state index contributed by atoms with van der Waals surface area (Å²) >= 11 is 3.41. The number of aromatic nitrogens is 1. The van der Waals surface area contributed by atoms with Crippen LogP contribution in [0.15, 0.2) is 41.0 Å². The molecular weight excluding hydrogens is 304 g/mol. The third-order valence-corrected chi connectivity index (χ3v) is 3.45. The van der Waals surface area contributed by atoms with Crippen molar-refractivity contribution in [1.29, 1.82) is 0 Å². The molecule has 1 aromatic heterocycles. The van der Waals surface area contributed by atoms with Gasteiger partial charge in [-0.1, -0.05) is 12.1 Å². The van der Waals surface area contributed by atoms with Gasteiger partial charge in [-0.25, -0.2) is 0 Å².